The van der Waals surface area contributed by atoms with Gasteiger partial charge in [-0.3, -0.25) is 14.4 Å². The van der Waals surface area contributed by atoms with Gasteiger partial charge in [-0.25, -0.2) is 0 Å². The molecule has 1 unspecified atom stereocenters. The summed E-state index contributed by atoms with van der Waals surface area (Å²) in [6.07, 6.45) is 6.44. The van der Waals surface area contributed by atoms with Crippen LogP contribution in [0.2, 0.25) is 0 Å². The second kappa shape index (κ2) is 5.91. The SMILES string of the molecule is CC/C=C1/NC(C)C(=O)N1c1cnn(Cc2c(C)noc2C)c1. The normalized spacial score (nSPS) is 19.7. The van der Waals surface area contributed by atoms with Crippen molar-refractivity contribution in [3.05, 3.63) is 41.3 Å². The Kier molecular flexibility index (Phi) is 3.94. The van der Waals surface area contributed by atoms with Crippen LogP contribution in [0.1, 0.15) is 37.3 Å². The molecule has 1 aliphatic rings. The Morgan fingerprint density at radius 3 is 2.87 bits per heavy atom. The zero-order valence-corrected chi connectivity index (χ0v) is 13.8. The summed E-state index contributed by atoms with van der Waals surface area (Å²) in [4.78, 5) is 14.1. The molecule has 0 aromatic carbocycles. The highest BCUT2D eigenvalue weighted by molar-refractivity contribution is 6.02. The van der Waals surface area contributed by atoms with Crippen molar-refractivity contribution >= 4 is 11.6 Å². The van der Waals surface area contributed by atoms with Crippen LogP contribution in [-0.2, 0) is 11.3 Å². The van der Waals surface area contributed by atoms with Crippen LogP contribution in [-0.4, -0.2) is 26.9 Å². The van der Waals surface area contributed by atoms with Gasteiger partial charge in [0.1, 0.15) is 17.6 Å². The molecular weight excluding hydrogens is 294 g/mol. The Hall–Kier alpha value is -2.57. The number of rotatable bonds is 4. The smallest absolute Gasteiger partial charge is 0.254 e. The molecule has 122 valence electrons. The molecule has 0 aliphatic carbocycles. The van der Waals surface area contributed by atoms with E-state index in [2.05, 4.69) is 15.6 Å². The van der Waals surface area contributed by atoms with Crippen molar-refractivity contribution in [2.45, 2.75) is 46.7 Å². The first-order valence-corrected chi connectivity index (χ1v) is 7.76. The van der Waals surface area contributed by atoms with Crippen LogP contribution < -0.4 is 10.2 Å². The monoisotopic (exact) mass is 315 g/mol. The molecule has 3 heterocycles. The summed E-state index contributed by atoms with van der Waals surface area (Å²) >= 11 is 0. The third-order valence-corrected chi connectivity index (χ3v) is 3.97. The summed E-state index contributed by atoms with van der Waals surface area (Å²) < 4.78 is 6.97. The molecule has 1 aliphatic heterocycles. The van der Waals surface area contributed by atoms with Gasteiger partial charge in [0, 0.05) is 11.8 Å². The van der Waals surface area contributed by atoms with E-state index in [-0.39, 0.29) is 11.9 Å². The number of carbonyl (C=O) groups is 1. The van der Waals surface area contributed by atoms with Crippen LogP contribution in [0.4, 0.5) is 5.69 Å². The van der Waals surface area contributed by atoms with Gasteiger partial charge in [-0.15, -0.1) is 0 Å². The van der Waals surface area contributed by atoms with E-state index in [1.54, 1.807) is 15.8 Å². The van der Waals surface area contributed by atoms with Crippen LogP contribution in [0.5, 0.6) is 0 Å². The summed E-state index contributed by atoms with van der Waals surface area (Å²) in [5, 5.41) is 11.5. The zero-order valence-electron chi connectivity index (χ0n) is 13.8. The average molecular weight is 315 g/mol. The topological polar surface area (TPSA) is 76.2 Å². The predicted octanol–water partition coefficient (Wildman–Crippen LogP) is 2.11. The van der Waals surface area contributed by atoms with Gasteiger partial charge in [-0.05, 0) is 33.3 Å². The number of aryl methyl sites for hydroxylation is 2. The second-order valence-electron chi connectivity index (χ2n) is 5.74. The van der Waals surface area contributed by atoms with Gasteiger partial charge in [-0.2, -0.15) is 5.10 Å². The molecule has 3 rings (SSSR count). The zero-order chi connectivity index (χ0) is 16.6. The number of hydrogen-bond acceptors (Lipinski definition) is 5. The molecule has 1 N–H and O–H groups in total. The number of allylic oxidation sites excluding steroid dienone is 1. The van der Waals surface area contributed by atoms with Crippen molar-refractivity contribution in [2.75, 3.05) is 4.90 Å². The second-order valence-corrected chi connectivity index (χ2v) is 5.74. The van der Waals surface area contributed by atoms with Crippen molar-refractivity contribution in [3.63, 3.8) is 0 Å². The fraction of sp³-hybridized carbons (Fsp3) is 0.438. The molecule has 23 heavy (non-hydrogen) atoms. The van der Waals surface area contributed by atoms with Crippen LogP contribution in [0.3, 0.4) is 0 Å². The molecule has 7 nitrogen and oxygen atoms in total. The maximum atomic E-state index is 12.4. The highest BCUT2D eigenvalue weighted by Crippen LogP contribution is 2.24. The molecule has 0 radical (unpaired) electrons. The first kappa shape index (κ1) is 15.3. The molecule has 0 bridgehead atoms. The summed E-state index contributed by atoms with van der Waals surface area (Å²) in [6.45, 7) is 8.27. The Morgan fingerprint density at radius 1 is 1.43 bits per heavy atom. The molecule has 1 atom stereocenters. The lowest BCUT2D eigenvalue weighted by Gasteiger charge is -2.14. The van der Waals surface area contributed by atoms with Crippen molar-refractivity contribution < 1.29 is 9.32 Å². The third-order valence-electron chi connectivity index (χ3n) is 3.97. The fourth-order valence-electron chi connectivity index (χ4n) is 2.71. The van der Waals surface area contributed by atoms with E-state index in [1.165, 1.54) is 0 Å². The van der Waals surface area contributed by atoms with E-state index in [9.17, 15) is 4.79 Å². The maximum absolute atomic E-state index is 12.4. The number of nitrogens with one attached hydrogen (secondary N) is 1. The van der Waals surface area contributed by atoms with E-state index in [1.807, 2.05) is 40.0 Å². The molecule has 1 fully saturated rings. The Bertz CT molecular complexity index is 739. The largest absolute Gasteiger partial charge is 0.361 e. The van der Waals surface area contributed by atoms with E-state index >= 15 is 0 Å². The molecule has 2 aromatic heterocycles. The minimum absolute atomic E-state index is 0.0292. The molecule has 1 amide bonds. The number of aromatic nitrogens is 3. The Balaban J connectivity index is 1.86. The molecule has 0 saturated carbocycles. The van der Waals surface area contributed by atoms with Crippen LogP contribution in [0.25, 0.3) is 0 Å². The third kappa shape index (κ3) is 2.74. The molecule has 0 spiro atoms. The number of anilines is 1. The lowest BCUT2D eigenvalue weighted by molar-refractivity contribution is -0.118. The first-order valence-electron chi connectivity index (χ1n) is 7.76. The van der Waals surface area contributed by atoms with Gasteiger partial charge < -0.3 is 9.84 Å². The molecular formula is C16H21N5O2. The van der Waals surface area contributed by atoms with Crippen LogP contribution in [0.15, 0.2) is 28.8 Å². The fourth-order valence-corrected chi connectivity index (χ4v) is 2.71. The van der Waals surface area contributed by atoms with Gasteiger partial charge in [-0.1, -0.05) is 12.1 Å². The van der Waals surface area contributed by atoms with Gasteiger partial charge in [0.15, 0.2) is 0 Å². The number of nitrogens with zero attached hydrogens (tertiary/aromatic N) is 4. The quantitative estimate of drug-likeness (QED) is 0.935. The Morgan fingerprint density at radius 2 is 2.22 bits per heavy atom. The van der Waals surface area contributed by atoms with Gasteiger partial charge >= 0.3 is 0 Å². The molecule has 7 heteroatoms. The highest BCUT2D eigenvalue weighted by Gasteiger charge is 2.33. The van der Waals surface area contributed by atoms with Crippen LogP contribution in [0, 0.1) is 13.8 Å². The van der Waals surface area contributed by atoms with Crippen molar-refractivity contribution in [1.82, 2.24) is 20.3 Å². The minimum Gasteiger partial charge on any atom is -0.361 e. The Labute approximate surface area is 134 Å². The number of carbonyl (C=O) groups excluding carboxylic acids is 1. The summed E-state index contributed by atoms with van der Waals surface area (Å²) in [7, 11) is 0. The highest BCUT2D eigenvalue weighted by atomic mass is 16.5. The van der Waals surface area contributed by atoms with Gasteiger partial charge in [0.25, 0.3) is 5.91 Å². The summed E-state index contributed by atoms with van der Waals surface area (Å²) in [5.74, 6) is 1.64. The van der Waals surface area contributed by atoms with Crippen molar-refractivity contribution in [3.8, 4) is 0 Å². The minimum atomic E-state index is -0.223. The van der Waals surface area contributed by atoms with Gasteiger partial charge in [0.05, 0.1) is 24.1 Å². The summed E-state index contributed by atoms with van der Waals surface area (Å²) in [5.41, 5.74) is 2.64. The van der Waals surface area contributed by atoms with E-state index in [0.29, 0.717) is 6.54 Å². The maximum Gasteiger partial charge on any atom is 0.254 e. The average Bonchev–Trinajstić information content (AvgIpc) is 3.16. The first-order chi connectivity index (χ1) is 11.0. The lowest BCUT2D eigenvalue weighted by atomic mass is 10.2. The predicted molar refractivity (Wildman–Crippen MR) is 85.8 cm³/mol. The van der Waals surface area contributed by atoms with Crippen molar-refractivity contribution in [1.29, 1.82) is 0 Å². The summed E-state index contributed by atoms with van der Waals surface area (Å²) in [6, 6.07) is -0.223. The van der Waals surface area contributed by atoms with Crippen molar-refractivity contribution in [2.24, 2.45) is 0 Å². The number of hydrogen-bond donors (Lipinski definition) is 1. The molecule has 2 aromatic rings. The van der Waals surface area contributed by atoms with E-state index in [0.717, 1.165) is 34.9 Å². The van der Waals surface area contributed by atoms with E-state index in [4.69, 9.17) is 4.52 Å². The molecule has 1 saturated heterocycles. The standard InChI is InChI=1S/C16H21N5O2/c1-5-6-15-18-11(3)16(22)21(15)13-7-17-20(8-13)9-14-10(2)19-23-12(14)4/h6-8,11,18H,5,9H2,1-4H3/b15-6-. The lowest BCUT2D eigenvalue weighted by Crippen LogP contribution is -2.27. The van der Waals surface area contributed by atoms with Crippen LogP contribution >= 0.6 is 0 Å². The number of amides is 1. The van der Waals surface area contributed by atoms with E-state index < -0.39 is 0 Å². The van der Waals surface area contributed by atoms with Gasteiger partial charge in [0.2, 0.25) is 0 Å².